The largest absolute Gasteiger partial charge is 0.368 e. The van der Waals surface area contributed by atoms with Crippen LogP contribution in [0.4, 0.5) is 17.8 Å². The number of nitrogen functional groups attached to an aromatic ring is 2. The number of hydrogen-bond acceptors (Lipinski definition) is 7. The molecule has 0 aliphatic rings. The van der Waals surface area contributed by atoms with Crippen LogP contribution >= 0.6 is 0 Å². The van der Waals surface area contributed by atoms with Crippen molar-refractivity contribution in [2.45, 2.75) is 13.3 Å². The van der Waals surface area contributed by atoms with E-state index in [0.29, 0.717) is 6.61 Å². The first-order valence-corrected chi connectivity index (χ1v) is 3.87. The van der Waals surface area contributed by atoms with Gasteiger partial charge in [-0.15, -0.1) is 0 Å². The molecule has 1 heterocycles. The van der Waals surface area contributed by atoms with Crippen LogP contribution in [0, 0.1) is 0 Å². The number of hydrogen-bond donors (Lipinski definition) is 3. The fourth-order valence-corrected chi connectivity index (χ4v) is 0.673. The lowest BCUT2D eigenvalue weighted by Crippen LogP contribution is -2.10. The van der Waals surface area contributed by atoms with Gasteiger partial charge in [0.1, 0.15) is 0 Å². The minimum absolute atomic E-state index is 0.0649. The van der Waals surface area contributed by atoms with E-state index in [2.05, 4.69) is 20.4 Å². The molecule has 0 fully saturated rings. The molecule has 7 nitrogen and oxygen atoms in total. The summed E-state index contributed by atoms with van der Waals surface area (Å²) in [5.41, 5.74) is 13.2. The topological polar surface area (TPSA) is 112 Å². The van der Waals surface area contributed by atoms with E-state index in [0.717, 1.165) is 6.42 Å². The second kappa shape index (κ2) is 4.41. The number of nitrogens with zero attached hydrogens (tertiary/aromatic N) is 3. The van der Waals surface area contributed by atoms with Crippen molar-refractivity contribution in [3.05, 3.63) is 0 Å². The van der Waals surface area contributed by atoms with Gasteiger partial charge in [-0.2, -0.15) is 15.0 Å². The van der Waals surface area contributed by atoms with E-state index in [9.17, 15) is 0 Å². The van der Waals surface area contributed by atoms with Crippen LogP contribution in [-0.4, -0.2) is 21.6 Å². The van der Waals surface area contributed by atoms with Crippen LogP contribution < -0.4 is 16.9 Å². The minimum Gasteiger partial charge on any atom is -0.368 e. The molecular weight excluding hydrogens is 172 g/mol. The molecule has 0 radical (unpaired) electrons. The maximum Gasteiger partial charge on any atom is 0.253 e. The van der Waals surface area contributed by atoms with E-state index < -0.39 is 0 Å². The van der Waals surface area contributed by atoms with E-state index in [1.807, 2.05) is 6.92 Å². The van der Waals surface area contributed by atoms with Crippen molar-refractivity contribution >= 4 is 17.8 Å². The molecule has 0 saturated heterocycles. The smallest absolute Gasteiger partial charge is 0.253 e. The number of rotatable bonds is 4. The van der Waals surface area contributed by atoms with Crippen molar-refractivity contribution in [1.82, 2.24) is 15.0 Å². The van der Waals surface area contributed by atoms with Crippen LogP contribution in [0.3, 0.4) is 0 Å². The van der Waals surface area contributed by atoms with Crippen LogP contribution in [0.5, 0.6) is 0 Å². The van der Waals surface area contributed by atoms with Crippen LogP contribution in [0.25, 0.3) is 0 Å². The number of anilines is 3. The van der Waals surface area contributed by atoms with Gasteiger partial charge in [0.2, 0.25) is 11.9 Å². The molecule has 0 aliphatic heterocycles. The molecule has 0 bridgehead atoms. The monoisotopic (exact) mass is 184 g/mol. The van der Waals surface area contributed by atoms with Crippen LogP contribution in [0.15, 0.2) is 0 Å². The molecule has 0 saturated carbocycles. The fourth-order valence-electron chi connectivity index (χ4n) is 0.673. The van der Waals surface area contributed by atoms with Crippen molar-refractivity contribution in [2.75, 3.05) is 23.6 Å². The molecule has 1 rings (SSSR count). The lowest BCUT2D eigenvalue weighted by molar-refractivity contribution is 0.191. The molecule has 5 N–H and O–H groups in total. The summed E-state index contributed by atoms with van der Waals surface area (Å²) in [5, 5.41) is 0. The summed E-state index contributed by atoms with van der Waals surface area (Å²) >= 11 is 0. The lowest BCUT2D eigenvalue weighted by Gasteiger charge is -2.04. The van der Waals surface area contributed by atoms with Gasteiger partial charge >= 0.3 is 0 Å². The summed E-state index contributed by atoms with van der Waals surface area (Å²) in [4.78, 5) is 16.1. The first-order valence-electron chi connectivity index (χ1n) is 3.87. The van der Waals surface area contributed by atoms with Crippen molar-refractivity contribution in [3.8, 4) is 0 Å². The predicted molar refractivity (Wildman–Crippen MR) is 48.5 cm³/mol. The molecule has 0 aromatic carbocycles. The lowest BCUT2D eigenvalue weighted by atomic mass is 10.5. The zero-order valence-electron chi connectivity index (χ0n) is 7.32. The highest BCUT2D eigenvalue weighted by molar-refractivity contribution is 5.35. The Morgan fingerprint density at radius 1 is 1.23 bits per heavy atom. The van der Waals surface area contributed by atoms with Crippen molar-refractivity contribution in [2.24, 2.45) is 0 Å². The van der Waals surface area contributed by atoms with Gasteiger partial charge in [-0.1, -0.05) is 6.92 Å². The second-order valence-corrected chi connectivity index (χ2v) is 2.33. The highest BCUT2D eigenvalue weighted by Gasteiger charge is 1.99. The Morgan fingerprint density at radius 3 is 2.38 bits per heavy atom. The average Bonchev–Trinajstić information content (AvgIpc) is 2.03. The SMILES string of the molecule is CCCONc1nc(N)nc(N)n1. The van der Waals surface area contributed by atoms with Gasteiger partial charge in [-0.25, -0.2) is 5.48 Å². The van der Waals surface area contributed by atoms with E-state index in [1.54, 1.807) is 0 Å². The third-order valence-corrected chi connectivity index (χ3v) is 1.14. The Kier molecular flexibility index (Phi) is 3.21. The number of aromatic nitrogens is 3. The molecule has 0 spiro atoms. The molecule has 13 heavy (non-hydrogen) atoms. The van der Waals surface area contributed by atoms with E-state index in [-0.39, 0.29) is 17.8 Å². The van der Waals surface area contributed by atoms with Crippen molar-refractivity contribution in [1.29, 1.82) is 0 Å². The molecule has 1 aromatic heterocycles. The standard InChI is InChI=1S/C6H12N6O/c1-2-3-13-12-6-10-4(7)9-5(8)11-6/h2-3H2,1H3,(H5,7,8,9,10,11,12). The Morgan fingerprint density at radius 2 is 1.85 bits per heavy atom. The van der Waals surface area contributed by atoms with Gasteiger partial charge in [0.25, 0.3) is 5.95 Å². The predicted octanol–water partition coefficient (Wildman–Crippen LogP) is -0.211. The molecule has 0 unspecified atom stereocenters. The Labute approximate surface area is 75.5 Å². The summed E-state index contributed by atoms with van der Waals surface area (Å²) in [5.74, 6) is 0.351. The maximum absolute atomic E-state index is 5.33. The van der Waals surface area contributed by atoms with Gasteiger partial charge in [0, 0.05) is 0 Å². The highest BCUT2D eigenvalue weighted by atomic mass is 16.6. The number of nitrogens with two attached hydrogens (primary N) is 2. The summed E-state index contributed by atoms with van der Waals surface area (Å²) in [6, 6.07) is 0. The normalized spacial score (nSPS) is 9.92. The molecule has 0 amide bonds. The highest BCUT2D eigenvalue weighted by Crippen LogP contribution is 2.02. The molecule has 72 valence electrons. The van der Waals surface area contributed by atoms with Gasteiger partial charge in [-0.05, 0) is 6.42 Å². The summed E-state index contributed by atoms with van der Waals surface area (Å²) in [7, 11) is 0. The van der Waals surface area contributed by atoms with E-state index >= 15 is 0 Å². The molecule has 0 aliphatic carbocycles. The van der Waals surface area contributed by atoms with Crippen LogP contribution in [0.1, 0.15) is 13.3 Å². The third-order valence-electron chi connectivity index (χ3n) is 1.14. The average molecular weight is 184 g/mol. The first-order chi connectivity index (χ1) is 6.22. The minimum atomic E-state index is 0.0649. The van der Waals surface area contributed by atoms with Crippen LogP contribution in [-0.2, 0) is 4.84 Å². The summed E-state index contributed by atoms with van der Waals surface area (Å²) < 4.78 is 0. The molecular formula is C6H12N6O. The maximum atomic E-state index is 5.33. The van der Waals surface area contributed by atoms with Crippen molar-refractivity contribution in [3.63, 3.8) is 0 Å². The zero-order chi connectivity index (χ0) is 9.68. The Hall–Kier alpha value is -1.63. The zero-order valence-corrected chi connectivity index (χ0v) is 7.32. The summed E-state index contributed by atoms with van der Waals surface area (Å²) in [6.45, 7) is 2.54. The van der Waals surface area contributed by atoms with E-state index in [4.69, 9.17) is 16.3 Å². The quantitative estimate of drug-likeness (QED) is 0.438. The Bertz CT molecular complexity index is 258. The first kappa shape index (κ1) is 9.46. The van der Waals surface area contributed by atoms with Crippen molar-refractivity contribution < 1.29 is 4.84 Å². The van der Waals surface area contributed by atoms with Gasteiger partial charge in [0.15, 0.2) is 0 Å². The Balaban J connectivity index is 2.56. The van der Waals surface area contributed by atoms with Gasteiger partial charge in [0.05, 0.1) is 6.61 Å². The fraction of sp³-hybridized carbons (Fsp3) is 0.500. The third kappa shape index (κ3) is 3.08. The second-order valence-electron chi connectivity index (χ2n) is 2.33. The molecule has 1 aromatic rings. The molecule has 0 atom stereocenters. The summed E-state index contributed by atoms with van der Waals surface area (Å²) in [6.07, 6.45) is 0.892. The molecule has 7 heteroatoms. The van der Waals surface area contributed by atoms with Gasteiger partial charge in [-0.3, -0.25) is 4.84 Å². The van der Waals surface area contributed by atoms with E-state index in [1.165, 1.54) is 0 Å². The van der Waals surface area contributed by atoms with Gasteiger partial charge < -0.3 is 11.5 Å². The van der Waals surface area contributed by atoms with Crippen LogP contribution in [0.2, 0.25) is 0 Å². The number of nitrogens with one attached hydrogen (secondary N) is 1.